The lowest BCUT2D eigenvalue weighted by atomic mass is 9.95. The summed E-state index contributed by atoms with van der Waals surface area (Å²) in [5, 5.41) is 2.48. The predicted molar refractivity (Wildman–Crippen MR) is 109 cm³/mol. The molecule has 4 rings (SSSR count). The van der Waals surface area contributed by atoms with Crippen molar-refractivity contribution < 1.29 is 18.0 Å². The highest BCUT2D eigenvalue weighted by Crippen LogP contribution is 2.35. The van der Waals surface area contributed by atoms with Crippen molar-refractivity contribution in [3.05, 3.63) is 59.4 Å². The van der Waals surface area contributed by atoms with Gasteiger partial charge in [0.25, 0.3) is 0 Å². The van der Waals surface area contributed by atoms with Crippen LogP contribution in [0.3, 0.4) is 0 Å². The number of nitrogens with zero attached hydrogens (tertiary/aromatic N) is 2. The third kappa shape index (κ3) is 4.48. The van der Waals surface area contributed by atoms with Gasteiger partial charge in [-0.1, -0.05) is 18.2 Å². The van der Waals surface area contributed by atoms with Crippen LogP contribution >= 0.6 is 0 Å². The largest absolute Gasteiger partial charge is 0.418 e. The maximum absolute atomic E-state index is 13.1. The minimum absolute atomic E-state index is 0.185. The number of halogens is 3. The number of fused-ring (bicyclic) bond motifs is 1. The summed E-state index contributed by atoms with van der Waals surface area (Å²) in [7, 11) is 0. The first-order valence-corrected chi connectivity index (χ1v) is 9.94. The highest BCUT2D eigenvalue weighted by atomic mass is 19.4. The van der Waals surface area contributed by atoms with Crippen molar-refractivity contribution in [1.29, 1.82) is 0 Å². The molecule has 1 aliphatic rings. The fraction of sp³-hybridized carbons (Fsp3) is 0.364. The number of alkyl halides is 3. The molecule has 158 valence electrons. The van der Waals surface area contributed by atoms with E-state index in [4.69, 9.17) is 0 Å². The summed E-state index contributed by atoms with van der Waals surface area (Å²) >= 11 is 0. The summed E-state index contributed by atoms with van der Waals surface area (Å²) in [5.74, 6) is 0.212. The summed E-state index contributed by atoms with van der Waals surface area (Å²) in [6.07, 6.45) is -3.31. The Bertz CT molecular complexity index is 1050. The summed E-state index contributed by atoms with van der Waals surface area (Å²) in [5.41, 5.74) is 2.08. The smallest absolute Gasteiger partial charge is 0.341 e. The average molecular weight is 416 g/mol. The van der Waals surface area contributed by atoms with Crippen LogP contribution in [-0.2, 0) is 17.5 Å². The first-order chi connectivity index (χ1) is 14.3. The van der Waals surface area contributed by atoms with Gasteiger partial charge in [-0.3, -0.25) is 9.69 Å². The highest BCUT2D eigenvalue weighted by molar-refractivity contribution is 5.93. The number of carbonyl (C=O) groups is 1. The Morgan fingerprint density at radius 1 is 1.20 bits per heavy atom. The van der Waals surface area contributed by atoms with E-state index in [-0.39, 0.29) is 17.5 Å². The third-order valence-corrected chi connectivity index (χ3v) is 5.51. The molecular formula is C22H23F3N4O. The second-order valence-corrected chi connectivity index (χ2v) is 7.79. The molecule has 0 bridgehead atoms. The number of rotatable bonds is 4. The number of imidazole rings is 1. The van der Waals surface area contributed by atoms with Crippen LogP contribution in [-0.4, -0.2) is 33.9 Å². The minimum atomic E-state index is -4.50. The zero-order valence-electron chi connectivity index (χ0n) is 16.6. The molecule has 1 amide bonds. The molecule has 2 N–H and O–H groups in total. The number of para-hydroxylation sites is 1. The number of aryl methyl sites for hydroxylation is 1. The molecule has 2 aromatic carbocycles. The van der Waals surface area contributed by atoms with Gasteiger partial charge in [-0.25, -0.2) is 4.98 Å². The van der Waals surface area contributed by atoms with Gasteiger partial charge in [0.1, 0.15) is 5.82 Å². The van der Waals surface area contributed by atoms with Crippen LogP contribution < -0.4 is 5.32 Å². The van der Waals surface area contributed by atoms with Crippen LogP contribution in [0.4, 0.5) is 18.9 Å². The molecule has 8 heteroatoms. The van der Waals surface area contributed by atoms with Gasteiger partial charge in [0.05, 0.1) is 28.8 Å². The number of amides is 1. The molecule has 5 nitrogen and oxygen atoms in total. The number of anilines is 1. The molecule has 3 aromatic rings. The summed E-state index contributed by atoms with van der Waals surface area (Å²) in [4.78, 5) is 22.7. The van der Waals surface area contributed by atoms with Gasteiger partial charge < -0.3 is 10.3 Å². The number of piperidine rings is 1. The molecule has 0 radical (unpaired) electrons. The molecule has 30 heavy (non-hydrogen) atoms. The van der Waals surface area contributed by atoms with Gasteiger partial charge in [0, 0.05) is 5.92 Å². The number of hydrogen-bond acceptors (Lipinski definition) is 3. The molecule has 1 aromatic heterocycles. The van der Waals surface area contributed by atoms with Crippen LogP contribution in [0.2, 0.25) is 0 Å². The predicted octanol–water partition coefficient (Wildman–Crippen LogP) is 4.74. The first kappa shape index (κ1) is 20.4. The van der Waals surface area contributed by atoms with E-state index in [0.29, 0.717) is 32.5 Å². The first-order valence-electron chi connectivity index (χ1n) is 9.94. The summed E-state index contributed by atoms with van der Waals surface area (Å²) in [6.45, 7) is 4.06. The normalized spacial score (nSPS) is 16.1. The van der Waals surface area contributed by atoms with Gasteiger partial charge in [-0.05, 0) is 62.7 Å². The Hall–Kier alpha value is -2.87. The standard InChI is InChI=1S/C22H23F3N4O/c1-14-6-7-18-19(12-14)27-20(26-18)13-29-10-8-15(9-11-29)21(30)28-17-5-3-2-4-16(17)22(23,24)25/h2-7,12,15H,8-11,13H2,1H3,(H,26,27)(H,28,30). The lowest BCUT2D eigenvalue weighted by Gasteiger charge is -2.30. The Morgan fingerprint density at radius 2 is 1.93 bits per heavy atom. The third-order valence-electron chi connectivity index (χ3n) is 5.51. The van der Waals surface area contributed by atoms with Crippen molar-refractivity contribution in [1.82, 2.24) is 14.9 Å². The van der Waals surface area contributed by atoms with Crippen molar-refractivity contribution in [3.8, 4) is 0 Å². The van der Waals surface area contributed by atoms with Crippen molar-refractivity contribution in [2.75, 3.05) is 18.4 Å². The van der Waals surface area contributed by atoms with Crippen LogP contribution in [0.5, 0.6) is 0 Å². The number of hydrogen-bond donors (Lipinski definition) is 2. The zero-order chi connectivity index (χ0) is 21.3. The molecule has 0 unspecified atom stereocenters. The van der Waals surface area contributed by atoms with E-state index in [0.717, 1.165) is 28.5 Å². The lowest BCUT2D eigenvalue weighted by Crippen LogP contribution is -2.38. The number of carbonyl (C=O) groups excluding carboxylic acids is 1. The second-order valence-electron chi connectivity index (χ2n) is 7.79. The fourth-order valence-electron chi connectivity index (χ4n) is 3.89. The van der Waals surface area contributed by atoms with Crippen molar-refractivity contribution in [2.24, 2.45) is 5.92 Å². The average Bonchev–Trinajstić information content (AvgIpc) is 3.09. The number of aromatic amines is 1. The van der Waals surface area contributed by atoms with Gasteiger partial charge in [-0.2, -0.15) is 13.2 Å². The Kier molecular flexibility index (Phi) is 5.51. The molecule has 0 atom stereocenters. The molecular weight excluding hydrogens is 393 g/mol. The molecule has 0 spiro atoms. The Morgan fingerprint density at radius 3 is 2.67 bits per heavy atom. The van der Waals surface area contributed by atoms with Crippen LogP contribution in [0, 0.1) is 12.8 Å². The van der Waals surface area contributed by atoms with Crippen molar-refractivity contribution in [2.45, 2.75) is 32.5 Å². The van der Waals surface area contributed by atoms with Crippen LogP contribution in [0.1, 0.15) is 29.8 Å². The van der Waals surface area contributed by atoms with E-state index in [1.165, 1.54) is 18.2 Å². The summed E-state index contributed by atoms with van der Waals surface area (Å²) < 4.78 is 39.4. The van der Waals surface area contributed by atoms with Gasteiger partial charge in [0.2, 0.25) is 5.91 Å². The minimum Gasteiger partial charge on any atom is -0.341 e. The number of aromatic nitrogens is 2. The molecule has 0 aliphatic carbocycles. The number of likely N-dealkylation sites (tertiary alicyclic amines) is 1. The quantitative estimate of drug-likeness (QED) is 0.646. The van der Waals surface area contributed by atoms with Crippen molar-refractivity contribution in [3.63, 3.8) is 0 Å². The van der Waals surface area contributed by atoms with Crippen molar-refractivity contribution >= 4 is 22.6 Å². The highest BCUT2D eigenvalue weighted by Gasteiger charge is 2.34. The van der Waals surface area contributed by atoms with E-state index < -0.39 is 11.7 Å². The number of benzene rings is 2. The molecule has 1 fully saturated rings. The van der Waals surface area contributed by atoms with Gasteiger partial charge >= 0.3 is 6.18 Å². The topological polar surface area (TPSA) is 61.0 Å². The van der Waals surface area contributed by atoms with E-state index >= 15 is 0 Å². The van der Waals surface area contributed by atoms with E-state index in [9.17, 15) is 18.0 Å². The Labute approximate surface area is 172 Å². The Balaban J connectivity index is 1.34. The fourth-order valence-corrected chi connectivity index (χ4v) is 3.89. The van der Waals surface area contributed by atoms with Crippen LogP contribution in [0.25, 0.3) is 11.0 Å². The number of H-pyrrole nitrogens is 1. The SMILES string of the molecule is Cc1ccc2nc(CN3CCC(C(=O)Nc4ccccc4C(F)(F)F)CC3)[nH]c2c1. The van der Waals surface area contributed by atoms with Gasteiger partial charge in [-0.15, -0.1) is 0 Å². The zero-order valence-corrected chi connectivity index (χ0v) is 16.6. The number of nitrogens with one attached hydrogen (secondary N) is 2. The van der Waals surface area contributed by atoms with E-state index in [1.54, 1.807) is 0 Å². The molecule has 2 heterocycles. The van der Waals surface area contributed by atoms with E-state index in [1.807, 2.05) is 19.1 Å². The summed E-state index contributed by atoms with van der Waals surface area (Å²) in [6, 6.07) is 11.1. The van der Waals surface area contributed by atoms with Gasteiger partial charge in [0.15, 0.2) is 0 Å². The molecule has 1 saturated heterocycles. The molecule has 0 saturated carbocycles. The molecule has 1 aliphatic heterocycles. The maximum atomic E-state index is 13.1. The second kappa shape index (κ2) is 8.10. The van der Waals surface area contributed by atoms with E-state index in [2.05, 4.69) is 26.3 Å². The lowest BCUT2D eigenvalue weighted by molar-refractivity contribution is -0.137. The maximum Gasteiger partial charge on any atom is 0.418 e. The van der Waals surface area contributed by atoms with Crippen LogP contribution in [0.15, 0.2) is 42.5 Å². The monoisotopic (exact) mass is 416 g/mol.